The molecule has 3 N–H and O–H groups in total. The Balaban J connectivity index is 1.44. The van der Waals surface area contributed by atoms with Crippen LogP contribution in [0.5, 0.6) is 0 Å². The van der Waals surface area contributed by atoms with Gasteiger partial charge in [0.15, 0.2) is 23.6 Å². The Bertz CT molecular complexity index is 1440. The molecule has 5 atom stereocenters. The van der Waals surface area contributed by atoms with E-state index < -0.39 is 60.4 Å². The molecular formula is C24H21F3N4O5S. The third-order valence-electron chi connectivity index (χ3n) is 6.39. The monoisotopic (exact) mass is 534 g/mol. The van der Waals surface area contributed by atoms with E-state index >= 15 is 0 Å². The zero-order valence-corrected chi connectivity index (χ0v) is 20.0. The summed E-state index contributed by atoms with van der Waals surface area (Å²) in [6.45, 7) is -0.672. The molecule has 2 aromatic heterocycles. The number of amides is 1. The summed E-state index contributed by atoms with van der Waals surface area (Å²) in [6, 6.07) is 7.49. The van der Waals surface area contributed by atoms with Gasteiger partial charge in [-0.25, -0.2) is 17.9 Å². The topological polar surface area (TPSA) is 121 Å². The Morgan fingerprint density at radius 2 is 1.86 bits per heavy atom. The molecule has 0 spiro atoms. The van der Waals surface area contributed by atoms with Crippen LogP contribution >= 0.6 is 11.3 Å². The van der Waals surface area contributed by atoms with Crippen molar-refractivity contribution >= 4 is 33.0 Å². The zero-order chi connectivity index (χ0) is 26.4. The van der Waals surface area contributed by atoms with Crippen molar-refractivity contribution in [1.29, 1.82) is 0 Å². The molecule has 13 heteroatoms. The van der Waals surface area contributed by atoms with Crippen molar-refractivity contribution in [2.45, 2.75) is 30.5 Å². The molecule has 1 aliphatic heterocycles. The van der Waals surface area contributed by atoms with Crippen LogP contribution in [0.3, 0.4) is 0 Å². The summed E-state index contributed by atoms with van der Waals surface area (Å²) in [6.07, 6.45) is -4.74. The van der Waals surface area contributed by atoms with Crippen molar-refractivity contribution in [3.8, 4) is 11.3 Å². The molecule has 0 aliphatic carbocycles. The highest BCUT2D eigenvalue weighted by Crippen LogP contribution is 2.33. The minimum atomic E-state index is -1.64. The summed E-state index contributed by atoms with van der Waals surface area (Å²) >= 11 is 1.50. The number of likely N-dealkylation sites (N-methyl/N-ethyl adjacent to an activating group) is 1. The summed E-state index contributed by atoms with van der Waals surface area (Å²) in [5.41, 5.74) is 0.338. The second kappa shape index (κ2) is 9.84. The maximum atomic E-state index is 13.7. The van der Waals surface area contributed by atoms with E-state index in [1.54, 1.807) is 6.07 Å². The number of nitrogens with zero attached hydrogens (tertiary/aromatic N) is 4. The number of carbonyl (C=O) groups excluding carboxylic acids is 1. The Morgan fingerprint density at radius 3 is 2.57 bits per heavy atom. The summed E-state index contributed by atoms with van der Waals surface area (Å²) in [5.74, 6) is -5.13. The average Bonchev–Trinajstić information content (AvgIpc) is 3.56. The number of fused-ring (bicyclic) bond motifs is 1. The summed E-state index contributed by atoms with van der Waals surface area (Å²) in [5, 5.41) is 42.2. The number of benzene rings is 2. The number of anilines is 1. The van der Waals surface area contributed by atoms with E-state index in [0.717, 1.165) is 26.9 Å². The van der Waals surface area contributed by atoms with Crippen LogP contribution in [0.4, 0.5) is 18.9 Å². The number of carbonyl (C=O) groups is 1. The van der Waals surface area contributed by atoms with Gasteiger partial charge in [0.1, 0.15) is 30.0 Å². The van der Waals surface area contributed by atoms with Gasteiger partial charge in [0, 0.05) is 23.0 Å². The predicted molar refractivity (Wildman–Crippen MR) is 127 cm³/mol. The molecule has 0 bridgehead atoms. The number of aromatic nitrogens is 3. The molecule has 5 rings (SSSR count). The standard InChI is InChI=1S/C24H21F3N4O5S/c1-30(13-3-2-11-4-5-37-18(11)8-13)24(35)23-22(34)20(21(33)17(10-32)36-23)31-9-16(28-29-31)12-6-14(25)19(27)15(26)7-12/h2-9,17,20-23,32-34H,10H2,1H3/t17-,20+,21+,22-,23-/m1/s1. The summed E-state index contributed by atoms with van der Waals surface area (Å²) in [7, 11) is 1.51. The third kappa shape index (κ3) is 4.49. The molecular weight excluding hydrogens is 513 g/mol. The van der Waals surface area contributed by atoms with Crippen LogP contribution in [-0.2, 0) is 9.53 Å². The fraction of sp³-hybridized carbons (Fsp3) is 0.292. The van der Waals surface area contributed by atoms with Crippen LogP contribution in [0.15, 0.2) is 48.0 Å². The second-order valence-corrected chi connectivity index (χ2v) is 9.57. The van der Waals surface area contributed by atoms with Gasteiger partial charge in [-0.05, 0) is 41.1 Å². The van der Waals surface area contributed by atoms with Gasteiger partial charge in [-0.1, -0.05) is 11.3 Å². The second-order valence-electron chi connectivity index (χ2n) is 8.63. The molecule has 3 heterocycles. The van der Waals surface area contributed by atoms with Crippen molar-refractivity contribution in [3.05, 3.63) is 65.4 Å². The van der Waals surface area contributed by atoms with Gasteiger partial charge in [0.2, 0.25) is 0 Å². The largest absolute Gasteiger partial charge is 0.394 e. The lowest BCUT2D eigenvalue weighted by Crippen LogP contribution is -2.60. The fourth-order valence-electron chi connectivity index (χ4n) is 4.35. The van der Waals surface area contributed by atoms with Gasteiger partial charge in [-0.3, -0.25) is 4.79 Å². The van der Waals surface area contributed by atoms with Crippen molar-refractivity contribution < 1.29 is 38.0 Å². The number of aliphatic hydroxyl groups excluding tert-OH is 3. The SMILES string of the molecule is CN(C(=O)[C@@H]1O[C@H](CO)[C@H](O)[C@H](n2cc(-c3cc(F)c(F)c(F)c3)nn2)[C@H]1O)c1ccc2ccsc2c1. The highest BCUT2D eigenvalue weighted by atomic mass is 32.1. The van der Waals surface area contributed by atoms with E-state index in [2.05, 4.69) is 10.3 Å². The summed E-state index contributed by atoms with van der Waals surface area (Å²) in [4.78, 5) is 14.7. The first-order valence-corrected chi connectivity index (χ1v) is 12.0. The number of aliphatic hydroxyl groups is 3. The minimum Gasteiger partial charge on any atom is -0.394 e. The Labute approximate surface area is 211 Å². The van der Waals surface area contributed by atoms with Gasteiger partial charge >= 0.3 is 0 Å². The third-order valence-corrected chi connectivity index (χ3v) is 7.27. The van der Waals surface area contributed by atoms with Crippen molar-refractivity contribution in [2.24, 2.45) is 0 Å². The quantitative estimate of drug-likeness (QED) is 0.336. The first kappa shape index (κ1) is 25.3. The molecule has 1 amide bonds. The maximum absolute atomic E-state index is 13.7. The highest BCUT2D eigenvalue weighted by molar-refractivity contribution is 7.17. The summed E-state index contributed by atoms with van der Waals surface area (Å²) < 4.78 is 48.3. The number of rotatable bonds is 5. The normalized spacial score (nSPS) is 23.9. The van der Waals surface area contributed by atoms with Gasteiger partial charge < -0.3 is 25.0 Å². The van der Waals surface area contributed by atoms with E-state index in [9.17, 15) is 33.3 Å². The van der Waals surface area contributed by atoms with Crippen LogP contribution < -0.4 is 4.90 Å². The highest BCUT2D eigenvalue weighted by Gasteiger charge is 2.49. The van der Waals surface area contributed by atoms with Gasteiger partial charge in [0.25, 0.3) is 5.91 Å². The van der Waals surface area contributed by atoms with E-state index in [1.807, 2.05) is 23.6 Å². The maximum Gasteiger partial charge on any atom is 0.258 e. The van der Waals surface area contributed by atoms with Crippen molar-refractivity contribution in [2.75, 3.05) is 18.6 Å². The smallest absolute Gasteiger partial charge is 0.258 e. The van der Waals surface area contributed by atoms with Gasteiger partial charge in [-0.15, -0.1) is 16.4 Å². The molecule has 2 aromatic carbocycles. The zero-order valence-electron chi connectivity index (χ0n) is 19.2. The van der Waals surface area contributed by atoms with Crippen LogP contribution in [0.25, 0.3) is 21.3 Å². The van der Waals surface area contributed by atoms with E-state index in [0.29, 0.717) is 5.69 Å². The Hall–Kier alpha value is -3.36. The number of ether oxygens (including phenoxy) is 1. The van der Waals surface area contributed by atoms with E-state index in [1.165, 1.54) is 29.5 Å². The first-order chi connectivity index (χ1) is 17.7. The predicted octanol–water partition coefficient (Wildman–Crippen LogP) is 2.26. The molecule has 194 valence electrons. The van der Waals surface area contributed by atoms with Crippen LogP contribution in [0.1, 0.15) is 6.04 Å². The molecule has 0 radical (unpaired) electrons. The Morgan fingerprint density at radius 1 is 1.14 bits per heavy atom. The van der Waals surface area contributed by atoms with Crippen molar-refractivity contribution in [3.63, 3.8) is 0 Å². The van der Waals surface area contributed by atoms with E-state index in [-0.39, 0.29) is 11.3 Å². The lowest BCUT2D eigenvalue weighted by molar-refractivity contribution is -0.205. The minimum absolute atomic E-state index is 0.0755. The molecule has 37 heavy (non-hydrogen) atoms. The van der Waals surface area contributed by atoms with Crippen LogP contribution in [0, 0.1) is 17.5 Å². The number of halogens is 3. The molecule has 1 fully saturated rings. The molecule has 1 aliphatic rings. The van der Waals surface area contributed by atoms with Gasteiger partial charge in [0.05, 0.1) is 12.8 Å². The first-order valence-electron chi connectivity index (χ1n) is 11.1. The number of hydrogen-bond acceptors (Lipinski definition) is 8. The molecule has 0 saturated carbocycles. The Kier molecular flexibility index (Phi) is 6.72. The lowest BCUT2D eigenvalue weighted by Gasteiger charge is -2.42. The average molecular weight is 535 g/mol. The van der Waals surface area contributed by atoms with Crippen LogP contribution in [-0.4, -0.2) is 74.3 Å². The fourth-order valence-corrected chi connectivity index (χ4v) is 5.17. The van der Waals surface area contributed by atoms with Crippen molar-refractivity contribution in [1.82, 2.24) is 15.0 Å². The molecule has 4 aromatic rings. The molecule has 0 unspecified atom stereocenters. The van der Waals surface area contributed by atoms with Gasteiger partial charge in [-0.2, -0.15) is 0 Å². The molecule has 1 saturated heterocycles. The molecule has 9 nitrogen and oxygen atoms in total. The number of hydrogen-bond donors (Lipinski definition) is 3. The van der Waals surface area contributed by atoms with Crippen LogP contribution in [0.2, 0.25) is 0 Å². The lowest BCUT2D eigenvalue weighted by atomic mass is 9.92. The number of thiophene rings is 1. The van der Waals surface area contributed by atoms with E-state index in [4.69, 9.17) is 4.74 Å².